The Hall–Kier alpha value is -4.20. The molecule has 2 aromatic heterocycles. The van der Waals surface area contributed by atoms with E-state index in [0.717, 1.165) is 55.0 Å². The number of hydrogen-bond donors (Lipinski definition) is 0. The number of benzene rings is 6. The fourth-order valence-corrected chi connectivity index (χ4v) is 11.0. The standard InChI is InChI=1S/C41H29O2S4/c1-25(2)26-12-19-37-33(22-26)41(43)35-24-31(18-21-39(35)46-37)47(29-8-4-3-5-9-29)30-16-13-27(14-17-30)44-28-15-20-38-34(23-28)40(42)32-10-6-7-11-36(32)45-38/h3-25H,1-2H3/q+1. The Morgan fingerprint density at radius 3 is 1.77 bits per heavy atom. The molecule has 0 amide bonds. The average molecular weight is 682 g/mol. The Kier molecular flexibility index (Phi) is 7.98. The molecule has 6 aromatic carbocycles. The zero-order valence-electron chi connectivity index (χ0n) is 25.7. The zero-order valence-corrected chi connectivity index (χ0v) is 29.0. The summed E-state index contributed by atoms with van der Waals surface area (Å²) in [5.41, 5.74) is 1.38. The predicted octanol–water partition coefficient (Wildman–Crippen LogP) is 11.5. The molecule has 0 aliphatic carbocycles. The van der Waals surface area contributed by atoms with Crippen molar-refractivity contribution in [1.29, 1.82) is 0 Å². The highest BCUT2D eigenvalue weighted by atomic mass is 32.2. The normalized spacial score (nSPS) is 12.4. The maximum atomic E-state index is 13.9. The lowest BCUT2D eigenvalue weighted by molar-refractivity contribution is 0.869. The molecule has 47 heavy (non-hydrogen) atoms. The van der Waals surface area contributed by atoms with Crippen molar-refractivity contribution in [2.24, 2.45) is 0 Å². The van der Waals surface area contributed by atoms with Crippen LogP contribution >= 0.6 is 34.4 Å². The minimum atomic E-state index is -0.398. The second-order valence-corrected chi connectivity index (χ2v) is 17.1. The summed E-state index contributed by atoms with van der Waals surface area (Å²) in [5.74, 6) is 0.363. The van der Waals surface area contributed by atoms with Gasteiger partial charge in [0.2, 0.25) is 0 Å². The van der Waals surface area contributed by atoms with Gasteiger partial charge in [-0.05, 0) is 102 Å². The van der Waals surface area contributed by atoms with E-state index in [9.17, 15) is 9.59 Å². The first-order valence-corrected chi connectivity index (χ1v) is 19.1. The van der Waals surface area contributed by atoms with Crippen LogP contribution in [0.25, 0.3) is 40.3 Å². The van der Waals surface area contributed by atoms with E-state index < -0.39 is 10.9 Å². The van der Waals surface area contributed by atoms with E-state index in [0.29, 0.717) is 5.92 Å². The average Bonchev–Trinajstić information content (AvgIpc) is 3.10. The van der Waals surface area contributed by atoms with Crippen LogP contribution in [-0.4, -0.2) is 0 Å². The Balaban J connectivity index is 1.16. The van der Waals surface area contributed by atoms with Gasteiger partial charge in [0.05, 0.1) is 10.9 Å². The quantitative estimate of drug-likeness (QED) is 0.129. The molecule has 228 valence electrons. The van der Waals surface area contributed by atoms with Crippen molar-refractivity contribution in [3.63, 3.8) is 0 Å². The van der Waals surface area contributed by atoms with Gasteiger partial charge in [0.15, 0.2) is 25.5 Å². The van der Waals surface area contributed by atoms with Crippen molar-refractivity contribution in [2.45, 2.75) is 44.2 Å². The van der Waals surface area contributed by atoms with E-state index in [4.69, 9.17) is 0 Å². The minimum absolute atomic E-state index is 0.0878. The number of rotatable bonds is 6. The van der Waals surface area contributed by atoms with Gasteiger partial charge in [-0.25, -0.2) is 0 Å². The summed E-state index contributed by atoms with van der Waals surface area (Å²) in [7, 11) is -0.398. The molecule has 0 radical (unpaired) electrons. The molecule has 2 nitrogen and oxygen atoms in total. The summed E-state index contributed by atoms with van der Waals surface area (Å²) >= 11 is 5.01. The van der Waals surface area contributed by atoms with Gasteiger partial charge < -0.3 is 0 Å². The van der Waals surface area contributed by atoms with Gasteiger partial charge in [0.1, 0.15) is 0 Å². The third kappa shape index (κ3) is 5.70. The fraction of sp³-hybridized carbons (Fsp3) is 0.0732. The molecule has 0 aliphatic heterocycles. The van der Waals surface area contributed by atoms with Crippen LogP contribution in [0.5, 0.6) is 0 Å². The number of hydrogen-bond acceptors (Lipinski definition) is 5. The van der Waals surface area contributed by atoms with Crippen LogP contribution < -0.4 is 10.9 Å². The summed E-state index contributed by atoms with van der Waals surface area (Å²) in [4.78, 5) is 32.8. The highest BCUT2D eigenvalue weighted by molar-refractivity contribution is 7.99. The van der Waals surface area contributed by atoms with E-state index in [1.54, 1.807) is 34.4 Å². The van der Waals surface area contributed by atoms with E-state index in [2.05, 4.69) is 111 Å². The molecule has 0 saturated carbocycles. The topological polar surface area (TPSA) is 34.1 Å². The van der Waals surface area contributed by atoms with Gasteiger partial charge in [-0.2, -0.15) is 0 Å². The molecule has 6 heteroatoms. The molecular weight excluding hydrogens is 653 g/mol. The van der Waals surface area contributed by atoms with Gasteiger partial charge in [0.25, 0.3) is 0 Å². The molecule has 2 heterocycles. The lowest BCUT2D eigenvalue weighted by Crippen LogP contribution is -2.07. The van der Waals surface area contributed by atoms with Crippen LogP contribution in [0.3, 0.4) is 0 Å². The maximum Gasteiger partial charge on any atom is 0.196 e. The molecule has 0 saturated heterocycles. The molecule has 1 atom stereocenters. The molecule has 0 aliphatic rings. The Morgan fingerprint density at radius 1 is 0.489 bits per heavy atom. The van der Waals surface area contributed by atoms with Crippen molar-refractivity contribution in [1.82, 2.24) is 0 Å². The molecular formula is C41H29O2S4+. The summed E-state index contributed by atoms with van der Waals surface area (Å²) < 4.78 is 4.06. The van der Waals surface area contributed by atoms with Crippen LogP contribution in [-0.2, 0) is 10.9 Å². The first kappa shape index (κ1) is 30.2. The summed E-state index contributed by atoms with van der Waals surface area (Å²) in [5, 5.41) is 3.13. The number of fused-ring (bicyclic) bond motifs is 4. The smallest absolute Gasteiger partial charge is 0.196 e. The SMILES string of the molecule is CC(C)c1ccc2sc3ccc([S+](c4ccccc4)c4ccc(Sc5ccc6sc7ccccc7c(=O)c6c5)cc4)cc3c(=O)c2c1. The second-order valence-electron chi connectivity index (χ2n) is 11.8. The van der Waals surface area contributed by atoms with Gasteiger partial charge in [-0.15, -0.1) is 22.7 Å². The van der Waals surface area contributed by atoms with Crippen molar-refractivity contribution >= 4 is 85.7 Å². The molecule has 1 unspecified atom stereocenters. The lowest BCUT2D eigenvalue weighted by Gasteiger charge is -2.11. The van der Waals surface area contributed by atoms with Crippen LogP contribution in [0.15, 0.2) is 168 Å². The van der Waals surface area contributed by atoms with Crippen LogP contribution in [0.2, 0.25) is 0 Å². The lowest BCUT2D eigenvalue weighted by atomic mass is 10.0. The van der Waals surface area contributed by atoms with E-state index in [1.807, 2.05) is 36.4 Å². The molecule has 8 aromatic rings. The molecule has 0 N–H and O–H groups in total. The van der Waals surface area contributed by atoms with Crippen LogP contribution in [0.1, 0.15) is 25.3 Å². The van der Waals surface area contributed by atoms with Gasteiger partial charge in [-0.3, -0.25) is 9.59 Å². The summed E-state index contributed by atoms with van der Waals surface area (Å²) in [6, 6.07) is 46.0. The first-order valence-electron chi connectivity index (χ1n) is 15.5. The van der Waals surface area contributed by atoms with E-state index in [1.165, 1.54) is 15.4 Å². The highest BCUT2D eigenvalue weighted by Gasteiger charge is 2.29. The maximum absolute atomic E-state index is 13.9. The summed E-state index contributed by atoms with van der Waals surface area (Å²) in [6.07, 6.45) is 0. The van der Waals surface area contributed by atoms with Crippen molar-refractivity contribution in [3.05, 3.63) is 159 Å². The molecule has 0 spiro atoms. The Labute approximate surface area is 287 Å². The largest absolute Gasteiger partial charge is 0.289 e. The first-order chi connectivity index (χ1) is 22.9. The molecule has 0 fully saturated rings. The predicted molar refractivity (Wildman–Crippen MR) is 204 cm³/mol. The van der Waals surface area contributed by atoms with E-state index in [-0.39, 0.29) is 10.9 Å². The van der Waals surface area contributed by atoms with Gasteiger partial charge >= 0.3 is 0 Å². The Morgan fingerprint density at radius 2 is 1.02 bits per heavy atom. The Bertz CT molecular complexity index is 2570. The monoisotopic (exact) mass is 681 g/mol. The van der Waals surface area contributed by atoms with Crippen molar-refractivity contribution in [2.75, 3.05) is 0 Å². The van der Waals surface area contributed by atoms with Crippen LogP contribution in [0.4, 0.5) is 0 Å². The van der Waals surface area contributed by atoms with Crippen molar-refractivity contribution in [3.8, 4) is 0 Å². The second kappa shape index (κ2) is 12.4. The fourth-order valence-electron chi connectivity index (χ4n) is 5.93. The minimum Gasteiger partial charge on any atom is -0.289 e. The van der Waals surface area contributed by atoms with Crippen LogP contribution in [0, 0.1) is 0 Å². The highest BCUT2D eigenvalue weighted by Crippen LogP contribution is 2.37. The van der Waals surface area contributed by atoms with Gasteiger partial charge in [0, 0.05) is 56.2 Å². The third-order valence-corrected chi connectivity index (χ3v) is 13.9. The third-order valence-electron chi connectivity index (χ3n) is 8.39. The molecule has 0 bridgehead atoms. The van der Waals surface area contributed by atoms with Gasteiger partial charge in [-0.1, -0.05) is 62.0 Å². The summed E-state index contributed by atoms with van der Waals surface area (Å²) in [6.45, 7) is 4.32. The van der Waals surface area contributed by atoms with E-state index >= 15 is 0 Å². The molecule has 8 rings (SSSR count). The van der Waals surface area contributed by atoms with Crippen molar-refractivity contribution < 1.29 is 0 Å². The zero-order chi connectivity index (χ0) is 32.1.